The van der Waals surface area contributed by atoms with Gasteiger partial charge in [0.2, 0.25) is 0 Å². The summed E-state index contributed by atoms with van der Waals surface area (Å²) in [6.45, 7) is 8.07. The molecule has 78 valence electrons. The van der Waals surface area contributed by atoms with Gasteiger partial charge in [-0.15, -0.1) is 0 Å². The maximum Gasteiger partial charge on any atom is 0.0704 e. The number of hydrazine groups is 2. The Morgan fingerprint density at radius 1 is 1.14 bits per heavy atom. The molecule has 0 aliphatic carbocycles. The van der Waals surface area contributed by atoms with Crippen LogP contribution in [0.5, 0.6) is 0 Å². The second-order valence-electron chi connectivity index (χ2n) is 3.20. The molecule has 0 atom stereocenters. The molecule has 0 heterocycles. The number of hydrogen-bond acceptors (Lipinski definition) is 3. The first kappa shape index (κ1) is 11.0. The van der Waals surface area contributed by atoms with Gasteiger partial charge >= 0.3 is 0 Å². The van der Waals surface area contributed by atoms with Crippen LogP contribution in [-0.2, 0) is 0 Å². The highest BCUT2D eigenvalue weighted by molar-refractivity contribution is 5.46. The van der Waals surface area contributed by atoms with Crippen LogP contribution < -0.4 is 16.0 Å². The van der Waals surface area contributed by atoms with Crippen LogP contribution in [0.25, 0.3) is 0 Å². The monoisotopic (exact) mass is 193 g/mol. The molecule has 1 rings (SSSR count). The Labute approximate surface area is 86.1 Å². The molecule has 2 N–H and O–H groups in total. The molecule has 0 unspecified atom stereocenters. The van der Waals surface area contributed by atoms with Gasteiger partial charge < -0.3 is 0 Å². The molecule has 1 aromatic rings. The van der Waals surface area contributed by atoms with E-state index in [0.29, 0.717) is 0 Å². The van der Waals surface area contributed by atoms with E-state index in [-0.39, 0.29) is 0 Å². The number of rotatable bonds is 5. The third-order valence-electron chi connectivity index (χ3n) is 1.89. The molecule has 0 amide bonds. The lowest BCUT2D eigenvalue weighted by Gasteiger charge is -2.25. The van der Waals surface area contributed by atoms with E-state index in [2.05, 4.69) is 55.9 Å². The summed E-state index contributed by atoms with van der Waals surface area (Å²) in [5.74, 6) is 0. The van der Waals surface area contributed by atoms with Crippen LogP contribution in [-0.4, -0.2) is 13.1 Å². The summed E-state index contributed by atoms with van der Waals surface area (Å²) in [4.78, 5) is 0. The lowest BCUT2D eigenvalue weighted by molar-refractivity contribution is 0.550. The fourth-order valence-corrected chi connectivity index (χ4v) is 1.32. The lowest BCUT2D eigenvalue weighted by atomic mass is 10.2. The van der Waals surface area contributed by atoms with E-state index >= 15 is 0 Å². The van der Waals surface area contributed by atoms with Crippen molar-refractivity contribution < 1.29 is 0 Å². The van der Waals surface area contributed by atoms with Crippen LogP contribution in [0, 0.1) is 6.92 Å². The maximum absolute atomic E-state index is 3.25. The van der Waals surface area contributed by atoms with Gasteiger partial charge in [0, 0.05) is 13.1 Å². The van der Waals surface area contributed by atoms with Crippen molar-refractivity contribution in [2.24, 2.45) is 0 Å². The van der Waals surface area contributed by atoms with Crippen LogP contribution in [0.4, 0.5) is 5.69 Å². The Bertz CT molecular complexity index is 267. The van der Waals surface area contributed by atoms with Crippen LogP contribution in [0.15, 0.2) is 24.3 Å². The fraction of sp³-hybridized carbons (Fsp3) is 0.455. The summed E-state index contributed by atoms with van der Waals surface area (Å²) >= 11 is 0. The van der Waals surface area contributed by atoms with Gasteiger partial charge in [0.05, 0.1) is 5.69 Å². The highest BCUT2D eigenvalue weighted by Gasteiger charge is 2.02. The standard InChI is InChI=1S/C11H19N3/c1-4-12-14(13-5-2)11-8-6-7-10(3)9-11/h6-9,12-13H,4-5H2,1-3H3. The highest BCUT2D eigenvalue weighted by Crippen LogP contribution is 2.11. The zero-order valence-corrected chi connectivity index (χ0v) is 9.17. The summed E-state index contributed by atoms with van der Waals surface area (Å²) < 4.78 is 0. The smallest absolute Gasteiger partial charge is 0.0704 e. The Morgan fingerprint density at radius 3 is 2.29 bits per heavy atom. The molecule has 14 heavy (non-hydrogen) atoms. The normalized spacial score (nSPS) is 10.2. The van der Waals surface area contributed by atoms with Crippen molar-refractivity contribution in [1.29, 1.82) is 0 Å². The third kappa shape index (κ3) is 3.01. The average Bonchev–Trinajstić information content (AvgIpc) is 2.17. The molecule has 0 fully saturated rings. The van der Waals surface area contributed by atoms with Crippen LogP contribution in [0.3, 0.4) is 0 Å². The maximum atomic E-state index is 3.25. The fourth-order valence-electron chi connectivity index (χ4n) is 1.32. The summed E-state index contributed by atoms with van der Waals surface area (Å²) in [6.07, 6.45) is 0. The molecular formula is C11H19N3. The van der Waals surface area contributed by atoms with E-state index < -0.39 is 0 Å². The molecule has 1 aromatic carbocycles. The molecule has 3 nitrogen and oxygen atoms in total. The second kappa shape index (κ2) is 5.62. The number of hydrogen-bond donors (Lipinski definition) is 2. The van der Waals surface area contributed by atoms with Gasteiger partial charge in [0.1, 0.15) is 0 Å². The van der Waals surface area contributed by atoms with Crippen molar-refractivity contribution in [2.45, 2.75) is 20.8 Å². The van der Waals surface area contributed by atoms with E-state index in [0.717, 1.165) is 18.8 Å². The summed E-state index contributed by atoms with van der Waals surface area (Å²) in [7, 11) is 0. The molecule has 0 bridgehead atoms. The van der Waals surface area contributed by atoms with Crippen molar-refractivity contribution in [3.63, 3.8) is 0 Å². The van der Waals surface area contributed by atoms with E-state index in [4.69, 9.17) is 0 Å². The lowest BCUT2D eigenvalue weighted by Crippen LogP contribution is -2.48. The highest BCUT2D eigenvalue weighted by atomic mass is 15.7. The van der Waals surface area contributed by atoms with Gasteiger partial charge in [-0.1, -0.05) is 26.0 Å². The first-order valence-electron chi connectivity index (χ1n) is 5.11. The van der Waals surface area contributed by atoms with Crippen molar-refractivity contribution in [1.82, 2.24) is 10.9 Å². The zero-order chi connectivity index (χ0) is 10.4. The van der Waals surface area contributed by atoms with Crippen molar-refractivity contribution >= 4 is 5.69 Å². The third-order valence-corrected chi connectivity index (χ3v) is 1.89. The van der Waals surface area contributed by atoms with Crippen LogP contribution in [0.1, 0.15) is 19.4 Å². The van der Waals surface area contributed by atoms with Crippen LogP contribution in [0.2, 0.25) is 0 Å². The van der Waals surface area contributed by atoms with Gasteiger partial charge in [-0.25, -0.2) is 16.0 Å². The number of benzene rings is 1. The van der Waals surface area contributed by atoms with Crippen molar-refractivity contribution in [3.05, 3.63) is 29.8 Å². The van der Waals surface area contributed by atoms with Gasteiger partial charge in [0.15, 0.2) is 0 Å². The van der Waals surface area contributed by atoms with E-state index in [9.17, 15) is 0 Å². The summed E-state index contributed by atoms with van der Waals surface area (Å²) in [5.41, 5.74) is 8.91. The van der Waals surface area contributed by atoms with Gasteiger partial charge in [-0.2, -0.15) is 0 Å². The van der Waals surface area contributed by atoms with Gasteiger partial charge in [-0.05, 0) is 24.6 Å². The summed E-state index contributed by atoms with van der Waals surface area (Å²) in [6, 6.07) is 8.38. The zero-order valence-electron chi connectivity index (χ0n) is 9.17. The first-order chi connectivity index (χ1) is 6.77. The first-order valence-corrected chi connectivity index (χ1v) is 5.11. The van der Waals surface area contributed by atoms with E-state index in [1.807, 2.05) is 5.12 Å². The van der Waals surface area contributed by atoms with Gasteiger partial charge in [0.25, 0.3) is 0 Å². The Kier molecular flexibility index (Phi) is 4.43. The Morgan fingerprint density at radius 2 is 1.79 bits per heavy atom. The van der Waals surface area contributed by atoms with Crippen molar-refractivity contribution in [3.8, 4) is 0 Å². The van der Waals surface area contributed by atoms with E-state index in [1.54, 1.807) is 0 Å². The van der Waals surface area contributed by atoms with Gasteiger partial charge in [-0.3, -0.25) is 0 Å². The van der Waals surface area contributed by atoms with E-state index in [1.165, 1.54) is 5.56 Å². The Hall–Kier alpha value is -1.06. The predicted octanol–water partition coefficient (Wildman–Crippen LogP) is 1.85. The molecule has 0 saturated carbocycles. The molecule has 0 aliphatic heterocycles. The molecule has 0 spiro atoms. The predicted molar refractivity (Wildman–Crippen MR) is 61.0 cm³/mol. The molecule has 0 aromatic heterocycles. The second-order valence-corrected chi connectivity index (χ2v) is 3.20. The minimum absolute atomic E-state index is 0.904. The molecule has 3 heteroatoms. The SMILES string of the molecule is CCNN(NCC)c1cccc(C)c1. The molecular weight excluding hydrogens is 174 g/mol. The number of anilines is 1. The molecule has 0 saturated heterocycles. The van der Waals surface area contributed by atoms with Crippen LogP contribution >= 0.6 is 0 Å². The Balaban J connectivity index is 2.75. The van der Waals surface area contributed by atoms with Crippen molar-refractivity contribution in [2.75, 3.05) is 18.2 Å². The topological polar surface area (TPSA) is 27.3 Å². The minimum atomic E-state index is 0.904. The molecule has 0 radical (unpaired) electrons. The quantitative estimate of drug-likeness (QED) is 0.699. The summed E-state index contributed by atoms with van der Waals surface area (Å²) in [5, 5.41) is 1.97. The largest absolute Gasteiger partial charge is 0.242 e. The number of aryl methyl sites for hydroxylation is 1. The molecule has 0 aliphatic rings. The number of nitrogens with one attached hydrogen (secondary N) is 2. The minimum Gasteiger partial charge on any atom is -0.242 e. The number of nitrogens with zero attached hydrogens (tertiary/aromatic N) is 1. The average molecular weight is 193 g/mol.